The van der Waals surface area contributed by atoms with E-state index in [4.69, 9.17) is 10.4 Å². The number of nitriles is 1. The summed E-state index contributed by atoms with van der Waals surface area (Å²) < 4.78 is 37.9. The first-order valence-electron chi connectivity index (χ1n) is 5.62. The van der Waals surface area contributed by atoms with Crippen LogP contribution in [0.1, 0.15) is 5.56 Å². The number of hydrazine groups is 1. The lowest BCUT2D eigenvalue weighted by Crippen LogP contribution is -2.40. The van der Waals surface area contributed by atoms with Crippen LogP contribution < -0.4 is 10.4 Å². The molecular weight excluding hydrogens is 287 g/mol. The van der Waals surface area contributed by atoms with Gasteiger partial charge in [-0.1, -0.05) is 6.07 Å². The third-order valence-corrected chi connectivity index (χ3v) is 2.66. The van der Waals surface area contributed by atoms with Crippen molar-refractivity contribution in [1.29, 1.82) is 5.26 Å². The number of carboxylic acids is 1. The Morgan fingerprint density at radius 3 is 2.67 bits per heavy atom. The molecule has 8 heteroatoms. The summed E-state index contributed by atoms with van der Waals surface area (Å²) in [6.45, 7) is 0. The van der Waals surface area contributed by atoms with Crippen LogP contribution in [-0.2, 0) is 4.79 Å². The Balaban J connectivity index is 2.43. The first-order chi connectivity index (χ1) is 9.82. The number of nitrogens with one attached hydrogen (secondary N) is 1. The molecule has 0 fully saturated rings. The van der Waals surface area contributed by atoms with E-state index in [2.05, 4.69) is 5.43 Å². The van der Waals surface area contributed by atoms with Gasteiger partial charge in [0.15, 0.2) is 0 Å². The summed E-state index contributed by atoms with van der Waals surface area (Å²) in [7, 11) is 0. The van der Waals surface area contributed by atoms with Gasteiger partial charge in [0.2, 0.25) is 0 Å². The number of allylic oxidation sites excluding steroid dienone is 2. The van der Waals surface area contributed by atoms with Gasteiger partial charge in [0.1, 0.15) is 5.70 Å². The quantitative estimate of drug-likeness (QED) is 0.875. The second-order valence-electron chi connectivity index (χ2n) is 4.06. The van der Waals surface area contributed by atoms with Crippen molar-refractivity contribution in [3.63, 3.8) is 0 Å². The number of aliphatic carboxylic acids is 1. The van der Waals surface area contributed by atoms with E-state index < -0.39 is 23.4 Å². The summed E-state index contributed by atoms with van der Waals surface area (Å²) in [6.07, 6.45) is -3.47. The Labute approximate surface area is 117 Å². The molecule has 2 N–H and O–H groups in total. The summed E-state index contributed by atoms with van der Waals surface area (Å²) in [5.41, 5.74) is 1.06. The highest BCUT2D eigenvalue weighted by atomic mass is 19.4. The van der Waals surface area contributed by atoms with Gasteiger partial charge < -0.3 is 10.5 Å². The van der Waals surface area contributed by atoms with E-state index >= 15 is 0 Å². The molecule has 5 nitrogen and oxygen atoms in total. The van der Waals surface area contributed by atoms with E-state index in [1.54, 1.807) is 0 Å². The Morgan fingerprint density at radius 1 is 1.38 bits per heavy atom. The zero-order valence-corrected chi connectivity index (χ0v) is 10.3. The monoisotopic (exact) mass is 295 g/mol. The van der Waals surface area contributed by atoms with Gasteiger partial charge in [-0.05, 0) is 24.3 Å². The van der Waals surface area contributed by atoms with Gasteiger partial charge in [-0.2, -0.15) is 18.4 Å². The predicted octanol–water partition coefficient (Wildman–Crippen LogP) is 2.30. The van der Waals surface area contributed by atoms with Gasteiger partial charge in [-0.25, -0.2) is 9.80 Å². The average Bonchev–Trinajstić information content (AvgIpc) is 2.45. The fourth-order valence-electron chi connectivity index (χ4n) is 1.71. The van der Waals surface area contributed by atoms with Gasteiger partial charge in [0.25, 0.3) is 0 Å². The molecule has 2 rings (SSSR count). The molecule has 0 aliphatic carbocycles. The average molecular weight is 295 g/mol. The molecule has 1 heterocycles. The van der Waals surface area contributed by atoms with Crippen LogP contribution >= 0.6 is 0 Å². The first kappa shape index (κ1) is 14.5. The van der Waals surface area contributed by atoms with E-state index in [1.807, 2.05) is 6.07 Å². The largest absolute Gasteiger partial charge is 0.477 e. The highest BCUT2D eigenvalue weighted by Crippen LogP contribution is 2.31. The Hall–Kier alpha value is -2.95. The topological polar surface area (TPSA) is 76.4 Å². The predicted molar refractivity (Wildman–Crippen MR) is 66.6 cm³/mol. The van der Waals surface area contributed by atoms with Gasteiger partial charge in [-0.3, -0.25) is 0 Å². The number of carboxylic acid groups (broad SMARTS) is 1. The van der Waals surface area contributed by atoms with Crippen LogP contribution in [0.5, 0.6) is 0 Å². The molecule has 0 amide bonds. The molecule has 0 radical (unpaired) electrons. The number of alkyl halides is 3. The molecule has 0 saturated heterocycles. The number of nitrogens with zero attached hydrogens (tertiary/aromatic N) is 2. The lowest BCUT2D eigenvalue weighted by molar-refractivity contribution is -0.132. The maximum absolute atomic E-state index is 12.6. The van der Waals surface area contributed by atoms with Crippen LogP contribution in [0.25, 0.3) is 0 Å². The molecule has 0 saturated carbocycles. The molecule has 108 valence electrons. The summed E-state index contributed by atoms with van der Waals surface area (Å²) in [5.74, 6) is -1.53. The molecule has 0 aromatic heterocycles. The first-order valence-corrected chi connectivity index (χ1v) is 5.62. The minimum Gasteiger partial charge on any atom is -0.477 e. The summed E-state index contributed by atoms with van der Waals surface area (Å²) in [5, 5.41) is 18.8. The summed E-state index contributed by atoms with van der Waals surface area (Å²) >= 11 is 0. The molecule has 21 heavy (non-hydrogen) atoms. The number of hydrogen-bond donors (Lipinski definition) is 2. The van der Waals surface area contributed by atoms with Crippen molar-refractivity contribution in [3.05, 3.63) is 53.4 Å². The van der Waals surface area contributed by atoms with Gasteiger partial charge in [0.05, 0.1) is 22.9 Å². The van der Waals surface area contributed by atoms with E-state index in [0.717, 1.165) is 5.01 Å². The molecule has 1 aliphatic rings. The number of rotatable bonds is 2. The molecular formula is C13H8F3N3O2. The van der Waals surface area contributed by atoms with Crippen molar-refractivity contribution in [2.75, 3.05) is 5.01 Å². The van der Waals surface area contributed by atoms with Crippen LogP contribution in [0.3, 0.4) is 0 Å². The lowest BCUT2D eigenvalue weighted by atomic mass is 10.1. The highest BCUT2D eigenvalue weighted by Gasteiger charge is 2.36. The van der Waals surface area contributed by atoms with Crippen LogP contribution in [0, 0.1) is 11.3 Å². The van der Waals surface area contributed by atoms with Crippen molar-refractivity contribution in [3.8, 4) is 6.07 Å². The SMILES string of the molecule is N#Cc1cccc(N2NC=C(C(F)(F)F)C=C2C(=O)O)c1. The molecule has 0 unspecified atom stereocenters. The maximum atomic E-state index is 12.6. The minimum absolute atomic E-state index is 0.236. The normalized spacial score (nSPS) is 14.7. The van der Waals surface area contributed by atoms with Crippen LogP contribution in [0.2, 0.25) is 0 Å². The van der Waals surface area contributed by atoms with Crippen LogP contribution in [-0.4, -0.2) is 17.3 Å². The third kappa shape index (κ3) is 2.97. The second-order valence-corrected chi connectivity index (χ2v) is 4.06. The number of benzene rings is 1. The van der Waals surface area contributed by atoms with Crippen molar-refractivity contribution in [1.82, 2.24) is 5.43 Å². The van der Waals surface area contributed by atoms with Crippen LogP contribution in [0.4, 0.5) is 18.9 Å². The zero-order valence-electron chi connectivity index (χ0n) is 10.3. The second kappa shape index (κ2) is 5.20. The van der Waals surface area contributed by atoms with Gasteiger partial charge >= 0.3 is 12.1 Å². The smallest absolute Gasteiger partial charge is 0.417 e. The minimum atomic E-state index is -4.66. The molecule has 0 bridgehead atoms. The highest BCUT2D eigenvalue weighted by molar-refractivity contribution is 5.92. The lowest BCUT2D eigenvalue weighted by Gasteiger charge is -2.29. The number of anilines is 1. The van der Waals surface area contributed by atoms with Crippen LogP contribution in [0.15, 0.2) is 47.8 Å². The standard InChI is InChI=1S/C13H8F3N3O2/c14-13(15,16)9-5-11(12(20)21)19(18-7-9)10-3-1-2-8(4-10)6-17/h1-5,7,18H,(H,20,21). The molecule has 0 atom stereocenters. The number of carbonyl (C=O) groups is 1. The molecule has 0 spiro atoms. The van der Waals surface area contributed by atoms with Crippen molar-refractivity contribution >= 4 is 11.7 Å². The van der Waals surface area contributed by atoms with Crippen molar-refractivity contribution in [2.24, 2.45) is 0 Å². The van der Waals surface area contributed by atoms with Gasteiger partial charge in [0, 0.05) is 6.20 Å². The maximum Gasteiger partial charge on any atom is 0.417 e. The zero-order chi connectivity index (χ0) is 15.6. The summed E-state index contributed by atoms with van der Waals surface area (Å²) in [4.78, 5) is 11.2. The molecule has 1 aromatic rings. The fraction of sp³-hybridized carbons (Fsp3) is 0.0769. The fourth-order valence-corrected chi connectivity index (χ4v) is 1.71. The van der Waals surface area contributed by atoms with E-state index in [9.17, 15) is 18.0 Å². The Kier molecular flexibility index (Phi) is 3.58. The summed E-state index contributed by atoms with van der Waals surface area (Å²) in [6, 6.07) is 7.69. The van der Waals surface area contributed by atoms with Gasteiger partial charge in [-0.15, -0.1) is 0 Å². The molecule has 1 aromatic carbocycles. The number of halogens is 3. The Morgan fingerprint density at radius 2 is 2.10 bits per heavy atom. The van der Waals surface area contributed by atoms with Crippen molar-refractivity contribution in [2.45, 2.75) is 6.18 Å². The number of hydrogen-bond acceptors (Lipinski definition) is 4. The van der Waals surface area contributed by atoms with E-state index in [-0.39, 0.29) is 11.3 Å². The van der Waals surface area contributed by atoms with E-state index in [1.165, 1.54) is 24.3 Å². The van der Waals surface area contributed by atoms with Crippen molar-refractivity contribution < 1.29 is 23.1 Å². The Bertz CT molecular complexity index is 687. The van der Waals surface area contributed by atoms with E-state index in [0.29, 0.717) is 12.3 Å². The third-order valence-electron chi connectivity index (χ3n) is 2.66. The molecule has 1 aliphatic heterocycles.